The lowest BCUT2D eigenvalue weighted by Gasteiger charge is -2.03. The number of rotatable bonds is 2. The lowest BCUT2D eigenvalue weighted by Crippen LogP contribution is -1.89. The Bertz CT molecular complexity index is 349. The van der Waals surface area contributed by atoms with E-state index in [1.54, 1.807) is 7.11 Å². The molecule has 1 aromatic rings. The van der Waals surface area contributed by atoms with Gasteiger partial charge in [0.1, 0.15) is 5.75 Å². The van der Waals surface area contributed by atoms with Gasteiger partial charge >= 0.3 is 0 Å². The van der Waals surface area contributed by atoms with Crippen LogP contribution in [0.2, 0.25) is 0 Å². The molecule has 0 aliphatic carbocycles. The minimum atomic E-state index is -0.296. The summed E-state index contributed by atoms with van der Waals surface area (Å²) >= 11 is 0. The molecule has 0 saturated carbocycles. The Kier molecular flexibility index (Phi) is 1.99. The van der Waals surface area contributed by atoms with Crippen molar-refractivity contribution in [3.05, 3.63) is 29.8 Å². The Labute approximate surface area is 75.1 Å². The molecule has 0 atom stereocenters. The van der Waals surface area contributed by atoms with Crippen molar-refractivity contribution in [2.75, 3.05) is 7.11 Å². The van der Waals surface area contributed by atoms with E-state index in [1.807, 2.05) is 24.3 Å². The quantitative estimate of drug-likeness (QED) is 0.682. The lowest BCUT2D eigenvalue weighted by atomic mass is 10.2. The molecule has 1 aliphatic heterocycles. The minimum Gasteiger partial charge on any atom is -0.497 e. The summed E-state index contributed by atoms with van der Waals surface area (Å²) in [6.07, 6.45) is -0.296. The molecule has 0 saturated heterocycles. The molecule has 1 aromatic carbocycles. The van der Waals surface area contributed by atoms with Crippen molar-refractivity contribution in [1.29, 1.82) is 0 Å². The molecule has 2 rings (SSSR count). The third-order valence-electron chi connectivity index (χ3n) is 1.75. The molecule has 0 radical (unpaired) electrons. The van der Waals surface area contributed by atoms with Crippen molar-refractivity contribution in [2.45, 2.75) is 6.17 Å². The normalized spacial score (nSPS) is 15.2. The predicted octanol–water partition coefficient (Wildman–Crippen LogP) is 2.53. The fourth-order valence-corrected chi connectivity index (χ4v) is 1.10. The first-order valence-corrected chi connectivity index (χ1v) is 3.84. The van der Waals surface area contributed by atoms with E-state index < -0.39 is 0 Å². The Hall–Kier alpha value is -1.78. The number of methoxy groups -OCH3 is 1. The highest BCUT2D eigenvalue weighted by Crippen LogP contribution is 2.26. The maximum atomic E-state index is 5.07. The Morgan fingerprint density at radius 1 is 1.23 bits per heavy atom. The Balaban J connectivity index is 2.29. The second-order valence-corrected chi connectivity index (χ2v) is 2.56. The lowest BCUT2D eigenvalue weighted by molar-refractivity contribution is 0.414. The van der Waals surface area contributed by atoms with Crippen LogP contribution >= 0.6 is 0 Å². The van der Waals surface area contributed by atoms with E-state index in [2.05, 4.69) is 20.7 Å². The molecular formula is C8H8N4O. The van der Waals surface area contributed by atoms with E-state index in [0.29, 0.717) is 0 Å². The van der Waals surface area contributed by atoms with Crippen LogP contribution in [0.5, 0.6) is 5.75 Å². The first-order valence-electron chi connectivity index (χ1n) is 3.84. The van der Waals surface area contributed by atoms with Gasteiger partial charge in [0.25, 0.3) is 0 Å². The highest BCUT2D eigenvalue weighted by atomic mass is 16.5. The average Bonchev–Trinajstić information content (AvgIpc) is 2.71. The zero-order valence-electron chi connectivity index (χ0n) is 7.08. The first-order chi connectivity index (χ1) is 6.40. The average molecular weight is 176 g/mol. The summed E-state index contributed by atoms with van der Waals surface area (Å²) in [7, 11) is 1.62. The van der Waals surface area contributed by atoms with Crippen LogP contribution in [-0.2, 0) is 0 Å². The van der Waals surface area contributed by atoms with Crippen LogP contribution in [-0.4, -0.2) is 7.11 Å². The van der Waals surface area contributed by atoms with Crippen molar-refractivity contribution in [3.63, 3.8) is 0 Å². The van der Waals surface area contributed by atoms with Gasteiger partial charge in [-0.25, -0.2) is 0 Å². The van der Waals surface area contributed by atoms with Gasteiger partial charge in [0, 0.05) is 5.56 Å². The molecule has 66 valence electrons. The SMILES string of the molecule is COc1cccc(C2N=NN=N2)c1. The summed E-state index contributed by atoms with van der Waals surface area (Å²) in [5, 5.41) is 14.5. The fourth-order valence-electron chi connectivity index (χ4n) is 1.10. The standard InChI is InChI=1S/C8H8N4O/c1-13-7-4-2-3-6(5-7)8-9-11-12-10-8/h2-5,8H,1H3. The van der Waals surface area contributed by atoms with E-state index in [1.165, 1.54) is 0 Å². The minimum absolute atomic E-state index is 0.296. The summed E-state index contributed by atoms with van der Waals surface area (Å²) in [5.74, 6) is 0.787. The van der Waals surface area contributed by atoms with Crippen LogP contribution in [0.1, 0.15) is 11.7 Å². The van der Waals surface area contributed by atoms with Crippen LogP contribution in [0.15, 0.2) is 44.9 Å². The summed E-state index contributed by atoms with van der Waals surface area (Å²) in [5.41, 5.74) is 0.935. The summed E-state index contributed by atoms with van der Waals surface area (Å²) in [4.78, 5) is 0. The smallest absolute Gasteiger partial charge is 0.210 e. The van der Waals surface area contributed by atoms with Gasteiger partial charge in [0.15, 0.2) is 0 Å². The third kappa shape index (κ3) is 1.53. The molecule has 1 heterocycles. The summed E-state index contributed by atoms with van der Waals surface area (Å²) in [6.45, 7) is 0. The van der Waals surface area contributed by atoms with Crippen molar-refractivity contribution in [3.8, 4) is 5.75 Å². The van der Waals surface area contributed by atoms with Gasteiger partial charge < -0.3 is 4.74 Å². The van der Waals surface area contributed by atoms with Gasteiger partial charge in [0.05, 0.1) is 7.11 Å². The molecule has 0 aromatic heterocycles. The molecule has 0 unspecified atom stereocenters. The topological polar surface area (TPSA) is 58.7 Å². The molecule has 0 amide bonds. The van der Waals surface area contributed by atoms with Crippen molar-refractivity contribution in [1.82, 2.24) is 0 Å². The highest BCUT2D eigenvalue weighted by Gasteiger charge is 2.12. The highest BCUT2D eigenvalue weighted by molar-refractivity contribution is 5.30. The van der Waals surface area contributed by atoms with Crippen molar-refractivity contribution < 1.29 is 4.74 Å². The number of benzene rings is 1. The zero-order chi connectivity index (χ0) is 9.10. The Morgan fingerprint density at radius 3 is 2.69 bits per heavy atom. The van der Waals surface area contributed by atoms with Gasteiger partial charge in [-0.05, 0) is 22.6 Å². The number of ether oxygens (including phenoxy) is 1. The van der Waals surface area contributed by atoms with Crippen molar-refractivity contribution >= 4 is 0 Å². The van der Waals surface area contributed by atoms with Crippen LogP contribution in [0, 0.1) is 0 Å². The van der Waals surface area contributed by atoms with Crippen LogP contribution in [0.4, 0.5) is 0 Å². The van der Waals surface area contributed by atoms with E-state index in [0.717, 1.165) is 11.3 Å². The van der Waals surface area contributed by atoms with Crippen LogP contribution < -0.4 is 4.74 Å². The third-order valence-corrected chi connectivity index (χ3v) is 1.75. The van der Waals surface area contributed by atoms with Gasteiger partial charge in [0.2, 0.25) is 6.17 Å². The van der Waals surface area contributed by atoms with Crippen molar-refractivity contribution in [2.24, 2.45) is 20.7 Å². The van der Waals surface area contributed by atoms with Crippen LogP contribution in [0.25, 0.3) is 0 Å². The molecule has 0 fully saturated rings. The van der Waals surface area contributed by atoms with E-state index in [-0.39, 0.29) is 6.17 Å². The molecule has 5 nitrogen and oxygen atoms in total. The van der Waals surface area contributed by atoms with E-state index in [9.17, 15) is 0 Å². The van der Waals surface area contributed by atoms with Crippen LogP contribution in [0.3, 0.4) is 0 Å². The maximum absolute atomic E-state index is 5.07. The number of hydrogen-bond acceptors (Lipinski definition) is 5. The second kappa shape index (κ2) is 3.30. The number of nitrogens with zero attached hydrogens (tertiary/aromatic N) is 4. The van der Waals surface area contributed by atoms with Gasteiger partial charge in [-0.3, -0.25) is 0 Å². The van der Waals surface area contributed by atoms with Gasteiger partial charge in [-0.15, -0.1) is 10.2 Å². The van der Waals surface area contributed by atoms with E-state index >= 15 is 0 Å². The molecular weight excluding hydrogens is 168 g/mol. The molecule has 0 N–H and O–H groups in total. The maximum Gasteiger partial charge on any atom is 0.210 e. The first kappa shape index (κ1) is 7.85. The van der Waals surface area contributed by atoms with Gasteiger partial charge in [-0.1, -0.05) is 12.1 Å². The monoisotopic (exact) mass is 176 g/mol. The molecule has 1 aliphatic rings. The summed E-state index contributed by atoms with van der Waals surface area (Å²) < 4.78 is 5.07. The largest absolute Gasteiger partial charge is 0.497 e. The van der Waals surface area contributed by atoms with Gasteiger partial charge in [-0.2, -0.15) is 0 Å². The number of hydrogen-bond donors (Lipinski definition) is 0. The molecule has 0 bridgehead atoms. The fraction of sp³-hybridized carbons (Fsp3) is 0.250. The molecule has 5 heteroatoms. The summed E-state index contributed by atoms with van der Waals surface area (Å²) in [6, 6.07) is 7.54. The van der Waals surface area contributed by atoms with E-state index in [4.69, 9.17) is 4.74 Å². The zero-order valence-corrected chi connectivity index (χ0v) is 7.08. The second-order valence-electron chi connectivity index (χ2n) is 2.56. The Morgan fingerprint density at radius 2 is 2.00 bits per heavy atom. The predicted molar refractivity (Wildman–Crippen MR) is 45.4 cm³/mol. The molecule has 0 spiro atoms. The molecule has 13 heavy (non-hydrogen) atoms.